The van der Waals surface area contributed by atoms with Gasteiger partial charge in [0.2, 0.25) is 0 Å². The maximum absolute atomic E-state index is 9.01. The summed E-state index contributed by atoms with van der Waals surface area (Å²) in [4.78, 5) is 0. The highest BCUT2D eigenvalue weighted by Gasteiger charge is 2.00. The summed E-state index contributed by atoms with van der Waals surface area (Å²) in [5.74, 6) is 3.10. The van der Waals surface area contributed by atoms with Crippen molar-refractivity contribution in [3.63, 3.8) is 0 Å². The van der Waals surface area contributed by atoms with Gasteiger partial charge in [-0.3, -0.25) is 0 Å². The van der Waals surface area contributed by atoms with Crippen molar-refractivity contribution in [3.05, 3.63) is 119 Å². The normalized spacial score (nSPS) is 11.0. The van der Waals surface area contributed by atoms with Crippen LogP contribution in [0.5, 0.6) is 23.0 Å². The Hall–Kier alpha value is -3.86. The number of rotatable bonds is 10. The zero-order valence-corrected chi connectivity index (χ0v) is 18.9. The second-order valence-electron chi connectivity index (χ2n) is 7.91. The fraction of sp³-hybridized carbons (Fsp3) is 0.133. The van der Waals surface area contributed by atoms with Crippen LogP contribution in [0.2, 0.25) is 0 Å². The fourth-order valence-electron chi connectivity index (χ4n) is 3.47. The molecule has 0 aliphatic rings. The molecule has 0 saturated carbocycles. The van der Waals surface area contributed by atoms with Crippen LogP contribution in [0.4, 0.5) is 0 Å². The lowest BCUT2D eigenvalue weighted by Crippen LogP contribution is -1.90. The van der Waals surface area contributed by atoms with Crippen LogP contribution in [0.1, 0.15) is 22.3 Å². The molecule has 0 bridgehead atoms. The lowest BCUT2D eigenvalue weighted by Gasteiger charge is -2.07. The van der Waals surface area contributed by atoms with Gasteiger partial charge in [0.25, 0.3) is 0 Å². The zero-order chi connectivity index (χ0) is 23.6. The van der Waals surface area contributed by atoms with E-state index in [-0.39, 0.29) is 13.2 Å². The van der Waals surface area contributed by atoms with E-state index in [9.17, 15) is 0 Å². The van der Waals surface area contributed by atoms with Crippen molar-refractivity contribution in [3.8, 4) is 23.0 Å². The first-order chi connectivity index (χ1) is 16.7. The first-order valence-electron chi connectivity index (χ1n) is 11.4. The summed E-state index contributed by atoms with van der Waals surface area (Å²) >= 11 is 0. The molecule has 0 radical (unpaired) electrons. The topological polar surface area (TPSA) is 58.9 Å². The molecule has 0 aliphatic carbocycles. The molecule has 2 N–H and O–H groups in total. The highest BCUT2D eigenvalue weighted by Crippen LogP contribution is 2.24. The Morgan fingerprint density at radius 1 is 0.441 bits per heavy atom. The Morgan fingerprint density at radius 3 is 1.03 bits per heavy atom. The number of aliphatic hydroxyl groups excluding tert-OH is 2. The maximum atomic E-state index is 9.01. The first-order valence-corrected chi connectivity index (χ1v) is 11.4. The molecule has 34 heavy (non-hydrogen) atoms. The molecule has 172 valence electrons. The van der Waals surface area contributed by atoms with Crippen LogP contribution in [-0.4, -0.2) is 23.4 Å². The quantitative estimate of drug-likeness (QED) is 0.269. The molecule has 4 heteroatoms. The molecule has 0 fully saturated rings. The van der Waals surface area contributed by atoms with Gasteiger partial charge in [-0.15, -0.1) is 0 Å². The van der Waals surface area contributed by atoms with E-state index >= 15 is 0 Å². The van der Waals surface area contributed by atoms with Crippen LogP contribution in [0.3, 0.4) is 0 Å². The van der Waals surface area contributed by atoms with Gasteiger partial charge in [-0.25, -0.2) is 0 Å². The molecular weight excluding hydrogens is 424 g/mol. The Balaban J connectivity index is 1.31. The summed E-state index contributed by atoms with van der Waals surface area (Å²) < 4.78 is 11.8. The van der Waals surface area contributed by atoms with Crippen molar-refractivity contribution < 1.29 is 19.7 Å². The Kier molecular flexibility index (Phi) is 8.12. The van der Waals surface area contributed by atoms with Crippen LogP contribution < -0.4 is 9.47 Å². The van der Waals surface area contributed by atoms with Crippen LogP contribution in [0, 0.1) is 0 Å². The minimum Gasteiger partial charge on any atom is -0.457 e. The van der Waals surface area contributed by atoms with Crippen molar-refractivity contribution in [1.82, 2.24) is 0 Å². The number of hydrogen-bond acceptors (Lipinski definition) is 4. The molecule has 0 atom stereocenters. The minimum atomic E-state index is 0.147. The summed E-state index contributed by atoms with van der Waals surface area (Å²) in [6.07, 6.45) is 5.42. The largest absolute Gasteiger partial charge is 0.457 e. The van der Waals surface area contributed by atoms with Gasteiger partial charge in [0.15, 0.2) is 0 Å². The molecule has 0 aliphatic heterocycles. The second kappa shape index (κ2) is 11.8. The molecule has 0 saturated heterocycles. The maximum Gasteiger partial charge on any atom is 0.127 e. The molecule has 0 unspecified atom stereocenters. The van der Waals surface area contributed by atoms with Crippen molar-refractivity contribution in [2.24, 2.45) is 0 Å². The highest BCUT2D eigenvalue weighted by atomic mass is 16.5. The lowest BCUT2D eigenvalue weighted by atomic mass is 10.1. The molecular formula is C30H28O4. The molecule has 4 aromatic rings. The van der Waals surface area contributed by atoms with E-state index < -0.39 is 0 Å². The van der Waals surface area contributed by atoms with Crippen LogP contribution >= 0.6 is 0 Å². The average molecular weight is 453 g/mol. The smallest absolute Gasteiger partial charge is 0.127 e. The predicted molar refractivity (Wildman–Crippen MR) is 136 cm³/mol. The Morgan fingerprint density at radius 2 is 0.735 bits per heavy atom. The Labute approximate surface area is 200 Å². The van der Waals surface area contributed by atoms with Crippen molar-refractivity contribution in [1.29, 1.82) is 0 Å². The van der Waals surface area contributed by atoms with E-state index in [2.05, 4.69) is 12.2 Å². The lowest BCUT2D eigenvalue weighted by molar-refractivity contribution is 0.299. The van der Waals surface area contributed by atoms with Crippen molar-refractivity contribution >= 4 is 12.2 Å². The van der Waals surface area contributed by atoms with Gasteiger partial charge in [0.05, 0.1) is 0 Å². The SMILES string of the molecule is OCCc1ccc(Oc2ccc(/C=C/c3ccc(Oc4ccc(CCO)cc4)cc3)cc2)cc1. The van der Waals surface area contributed by atoms with Crippen LogP contribution in [0.25, 0.3) is 12.2 Å². The number of benzene rings is 4. The first kappa shape index (κ1) is 23.3. The van der Waals surface area contributed by atoms with Crippen LogP contribution in [0.15, 0.2) is 97.1 Å². The highest BCUT2D eigenvalue weighted by molar-refractivity contribution is 5.70. The fourth-order valence-corrected chi connectivity index (χ4v) is 3.47. The summed E-state index contributed by atoms with van der Waals surface area (Å²) in [5, 5.41) is 18.0. The van der Waals surface area contributed by atoms with Crippen molar-refractivity contribution in [2.45, 2.75) is 12.8 Å². The third kappa shape index (κ3) is 6.82. The summed E-state index contributed by atoms with van der Waals surface area (Å²) in [6.45, 7) is 0.294. The van der Waals surface area contributed by atoms with Gasteiger partial charge >= 0.3 is 0 Å². The minimum absolute atomic E-state index is 0.147. The van der Waals surface area contributed by atoms with E-state index in [0.29, 0.717) is 12.8 Å². The number of aliphatic hydroxyl groups is 2. The predicted octanol–water partition coefficient (Wildman–Crippen LogP) is 6.51. The standard InChI is InChI=1S/C30H28O4/c31-21-19-25-7-15-29(16-8-25)33-27-11-3-23(4-12-27)1-2-24-5-13-28(14-6-24)34-30-17-9-26(10-18-30)20-22-32/h1-18,31-32H,19-22H2/b2-1+. The molecule has 0 spiro atoms. The second-order valence-corrected chi connectivity index (χ2v) is 7.91. The van der Waals surface area contributed by atoms with Gasteiger partial charge in [-0.2, -0.15) is 0 Å². The van der Waals surface area contributed by atoms with Crippen molar-refractivity contribution in [2.75, 3.05) is 13.2 Å². The summed E-state index contributed by atoms with van der Waals surface area (Å²) in [5.41, 5.74) is 4.33. The molecule has 4 aromatic carbocycles. The van der Waals surface area contributed by atoms with Gasteiger partial charge in [-0.1, -0.05) is 60.7 Å². The zero-order valence-electron chi connectivity index (χ0n) is 18.9. The molecule has 4 rings (SSSR count). The van der Waals surface area contributed by atoms with E-state index in [4.69, 9.17) is 19.7 Å². The monoisotopic (exact) mass is 452 g/mol. The molecule has 0 amide bonds. The van der Waals surface area contributed by atoms with E-state index in [1.54, 1.807) is 0 Å². The van der Waals surface area contributed by atoms with Crippen LogP contribution in [-0.2, 0) is 12.8 Å². The van der Waals surface area contributed by atoms with E-state index in [0.717, 1.165) is 45.3 Å². The Bertz CT molecular complexity index is 1080. The van der Waals surface area contributed by atoms with Gasteiger partial charge in [0, 0.05) is 13.2 Å². The average Bonchev–Trinajstić information content (AvgIpc) is 2.87. The summed E-state index contributed by atoms with van der Waals surface area (Å²) in [6, 6.07) is 31.4. The van der Waals surface area contributed by atoms with Gasteiger partial charge < -0.3 is 19.7 Å². The van der Waals surface area contributed by atoms with Gasteiger partial charge in [-0.05, 0) is 83.6 Å². The number of ether oxygens (including phenoxy) is 2. The van der Waals surface area contributed by atoms with E-state index in [1.165, 1.54) is 0 Å². The molecule has 4 nitrogen and oxygen atoms in total. The molecule has 0 aromatic heterocycles. The number of hydrogen-bond donors (Lipinski definition) is 2. The third-order valence-electron chi connectivity index (χ3n) is 5.35. The van der Waals surface area contributed by atoms with E-state index in [1.807, 2.05) is 97.1 Å². The molecule has 0 heterocycles. The summed E-state index contributed by atoms with van der Waals surface area (Å²) in [7, 11) is 0. The third-order valence-corrected chi connectivity index (χ3v) is 5.35. The van der Waals surface area contributed by atoms with Gasteiger partial charge in [0.1, 0.15) is 23.0 Å².